The fourth-order valence-electron chi connectivity index (χ4n) is 2.44. The van der Waals surface area contributed by atoms with E-state index in [-0.39, 0.29) is 0 Å². The predicted molar refractivity (Wildman–Crippen MR) is 83.1 cm³/mol. The highest BCUT2D eigenvalue weighted by Crippen LogP contribution is 2.32. The van der Waals surface area contributed by atoms with Gasteiger partial charge in [0.25, 0.3) is 0 Å². The molecule has 2 nitrogen and oxygen atoms in total. The summed E-state index contributed by atoms with van der Waals surface area (Å²) >= 11 is 6.10. The summed E-state index contributed by atoms with van der Waals surface area (Å²) in [5, 5.41) is 4.31. The molecule has 1 N–H and O–H groups in total. The van der Waals surface area contributed by atoms with Crippen LogP contribution in [0.1, 0.15) is 51.6 Å². The van der Waals surface area contributed by atoms with Crippen molar-refractivity contribution in [3.8, 4) is 5.75 Å². The van der Waals surface area contributed by atoms with Gasteiger partial charge in [-0.2, -0.15) is 0 Å². The van der Waals surface area contributed by atoms with Gasteiger partial charge in [-0.25, -0.2) is 0 Å². The number of benzene rings is 1. The summed E-state index contributed by atoms with van der Waals surface area (Å²) in [5.74, 6) is 1.36. The smallest absolute Gasteiger partial charge is 0.137 e. The third-order valence-electron chi connectivity index (χ3n) is 3.46. The Hall–Kier alpha value is -0.730. The molecule has 3 heteroatoms. The maximum Gasteiger partial charge on any atom is 0.137 e. The van der Waals surface area contributed by atoms with E-state index >= 15 is 0 Å². The van der Waals surface area contributed by atoms with Gasteiger partial charge in [-0.15, -0.1) is 0 Å². The molecule has 0 saturated heterocycles. The Bertz CT molecular complexity index is 381. The number of rotatable bonds is 8. The third kappa shape index (κ3) is 4.70. The highest BCUT2D eigenvalue weighted by Gasteiger charge is 2.19. The van der Waals surface area contributed by atoms with Gasteiger partial charge in [0.2, 0.25) is 0 Å². The Kier molecular flexibility index (Phi) is 7.25. The minimum Gasteiger partial charge on any atom is -0.495 e. The molecule has 0 saturated carbocycles. The van der Waals surface area contributed by atoms with Crippen LogP contribution in [0.2, 0.25) is 5.02 Å². The number of ether oxygens (including phenoxy) is 1. The van der Waals surface area contributed by atoms with Gasteiger partial charge < -0.3 is 10.1 Å². The standard InChI is InChI=1S/C16H26ClNO/c1-5-7-12(3)16(18-10-6-2)13-8-9-14(17)15(11-13)19-4/h8-9,11-12,16,18H,5-7,10H2,1-4H3. The van der Waals surface area contributed by atoms with Crippen molar-refractivity contribution in [3.63, 3.8) is 0 Å². The second-order valence-corrected chi connectivity index (χ2v) is 5.50. The lowest BCUT2D eigenvalue weighted by atomic mass is 9.90. The van der Waals surface area contributed by atoms with E-state index < -0.39 is 0 Å². The monoisotopic (exact) mass is 283 g/mol. The topological polar surface area (TPSA) is 21.3 Å². The van der Waals surface area contributed by atoms with Crippen LogP contribution in [0.25, 0.3) is 0 Å². The fraction of sp³-hybridized carbons (Fsp3) is 0.625. The van der Waals surface area contributed by atoms with Gasteiger partial charge in [-0.3, -0.25) is 0 Å². The predicted octanol–water partition coefficient (Wildman–Crippen LogP) is 4.83. The number of hydrogen-bond donors (Lipinski definition) is 1. The molecule has 0 aliphatic carbocycles. The van der Waals surface area contributed by atoms with Crippen molar-refractivity contribution in [1.82, 2.24) is 5.32 Å². The zero-order valence-corrected chi connectivity index (χ0v) is 13.3. The molecule has 2 atom stereocenters. The molecular weight excluding hydrogens is 258 g/mol. The van der Waals surface area contributed by atoms with Crippen molar-refractivity contribution in [2.45, 2.75) is 46.1 Å². The van der Waals surface area contributed by atoms with E-state index in [9.17, 15) is 0 Å². The highest BCUT2D eigenvalue weighted by molar-refractivity contribution is 6.32. The SMILES string of the molecule is CCCNC(c1ccc(Cl)c(OC)c1)C(C)CCC. The molecule has 19 heavy (non-hydrogen) atoms. The lowest BCUT2D eigenvalue weighted by Crippen LogP contribution is -2.27. The zero-order chi connectivity index (χ0) is 14.3. The van der Waals surface area contributed by atoms with Gasteiger partial charge in [0, 0.05) is 6.04 Å². The molecule has 0 radical (unpaired) electrons. The molecule has 0 amide bonds. The molecule has 2 unspecified atom stereocenters. The van der Waals surface area contributed by atoms with Crippen molar-refractivity contribution in [1.29, 1.82) is 0 Å². The quantitative estimate of drug-likeness (QED) is 0.738. The normalized spacial score (nSPS) is 14.2. The van der Waals surface area contributed by atoms with Gasteiger partial charge in [-0.1, -0.05) is 44.9 Å². The van der Waals surface area contributed by atoms with E-state index in [0.717, 1.165) is 18.7 Å². The van der Waals surface area contributed by atoms with Crippen LogP contribution in [0.15, 0.2) is 18.2 Å². The van der Waals surface area contributed by atoms with E-state index in [1.54, 1.807) is 7.11 Å². The van der Waals surface area contributed by atoms with Crippen LogP contribution in [0.4, 0.5) is 0 Å². The van der Waals surface area contributed by atoms with E-state index in [4.69, 9.17) is 16.3 Å². The van der Waals surface area contributed by atoms with Crippen LogP contribution in [0, 0.1) is 5.92 Å². The lowest BCUT2D eigenvalue weighted by molar-refractivity contribution is 0.360. The van der Waals surface area contributed by atoms with Gasteiger partial charge in [-0.05, 0) is 43.0 Å². The van der Waals surface area contributed by atoms with E-state index in [2.05, 4.69) is 38.2 Å². The third-order valence-corrected chi connectivity index (χ3v) is 3.77. The van der Waals surface area contributed by atoms with Crippen molar-refractivity contribution >= 4 is 11.6 Å². The maximum atomic E-state index is 6.10. The Morgan fingerprint density at radius 2 is 2.00 bits per heavy atom. The average Bonchev–Trinajstić information content (AvgIpc) is 2.41. The van der Waals surface area contributed by atoms with E-state index in [0.29, 0.717) is 17.0 Å². The van der Waals surface area contributed by atoms with Crippen LogP contribution in [0.3, 0.4) is 0 Å². The van der Waals surface area contributed by atoms with Crippen molar-refractivity contribution in [3.05, 3.63) is 28.8 Å². The van der Waals surface area contributed by atoms with Crippen molar-refractivity contribution in [2.75, 3.05) is 13.7 Å². The minimum absolute atomic E-state index is 0.367. The van der Waals surface area contributed by atoms with Gasteiger partial charge >= 0.3 is 0 Å². The van der Waals surface area contributed by atoms with Crippen LogP contribution in [-0.4, -0.2) is 13.7 Å². The Morgan fingerprint density at radius 3 is 2.58 bits per heavy atom. The van der Waals surface area contributed by atoms with Crippen LogP contribution in [0.5, 0.6) is 5.75 Å². The minimum atomic E-state index is 0.367. The molecule has 0 bridgehead atoms. The molecule has 108 valence electrons. The number of methoxy groups -OCH3 is 1. The van der Waals surface area contributed by atoms with Gasteiger partial charge in [0.05, 0.1) is 12.1 Å². The summed E-state index contributed by atoms with van der Waals surface area (Å²) in [5.41, 5.74) is 1.26. The summed E-state index contributed by atoms with van der Waals surface area (Å²) < 4.78 is 5.32. The summed E-state index contributed by atoms with van der Waals surface area (Å²) in [4.78, 5) is 0. The summed E-state index contributed by atoms with van der Waals surface area (Å²) in [6.45, 7) is 7.76. The van der Waals surface area contributed by atoms with E-state index in [1.165, 1.54) is 18.4 Å². The van der Waals surface area contributed by atoms with Crippen LogP contribution in [-0.2, 0) is 0 Å². The molecule has 1 aromatic carbocycles. The molecule has 0 aromatic heterocycles. The lowest BCUT2D eigenvalue weighted by Gasteiger charge is -2.26. The number of halogens is 1. The molecule has 0 heterocycles. The van der Waals surface area contributed by atoms with Crippen molar-refractivity contribution < 1.29 is 4.74 Å². The Labute approximate surface area is 122 Å². The largest absolute Gasteiger partial charge is 0.495 e. The molecule has 0 fully saturated rings. The van der Waals surface area contributed by atoms with Gasteiger partial charge in [0.1, 0.15) is 5.75 Å². The first kappa shape index (κ1) is 16.3. The molecule has 0 spiro atoms. The molecule has 1 rings (SSSR count). The first-order valence-electron chi connectivity index (χ1n) is 7.20. The number of hydrogen-bond acceptors (Lipinski definition) is 2. The van der Waals surface area contributed by atoms with Crippen molar-refractivity contribution in [2.24, 2.45) is 5.92 Å². The second kappa shape index (κ2) is 8.44. The summed E-state index contributed by atoms with van der Waals surface area (Å²) in [6, 6.07) is 6.45. The average molecular weight is 284 g/mol. The Morgan fingerprint density at radius 1 is 1.26 bits per heavy atom. The molecule has 0 aliphatic heterocycles. The first-order valence-corrected chi connectivity index (χ1v) is 7.58. The Balaban J connectivity index is 2.95. The highest BCUT2D eigenvalue weighted by atomic mass is 35.5. The molecule has 1 aromatic rings. The van der Waals surface area contributed by atoms with Gasteiger partial charge in [0.15, 0.2) is 0 Å². The fourth-order valence-corrected chi connectivity index (χ4v) is 2.63. The summed E-state index contributed by atoms with van der Waals surface area (Å²) in [7, 11) is 1.66. The maximum absolute atomic E-state index is 6.10. The second-order valence-electron chi connectivity index (χ2n) is 5.09. The number of nitrogens with one attached hydrogen (secondary N) is 1. The van der Waals surface area contributed by atoms with Crippen LogP contribution < -0.4 is 10.1 Å². The summed E-state index contributed by atoms with van der Waals surface area (Å²) in [6.07, 6.45) is 3.56. The first-order chi connectivity index (χ1) is 9.13. The molecular formula is C16H26ClNO. The molecule has 0 aliphatic rings. The van der Waals surface area contributed by atoms with Crippen LogP contribution >= 0.6 is 11.6 Å². The zero-order valence-electron chi connectivity index (χ0n) is 12.5. The van der Waals surface area contributed by atoms with E-state index in [1.807, 2.05) is 6.07 Å².